The molecular formula is C25H24N2OS. The van der Waals surface area contributed by atoms with Gasteiger partial charge in [-0.15, -0.1) is 0 Å². The van der Waals surface area contributed by atoms with Crippen molar-refractivity contribution in [1.29, 1.82) is 0 Å². The number of aromatic nitrogens is 1. The highest BCUT2D eigenvalue weighted by atomic mass is 32.1. The average molecular weight is 401 g/mol. The van der Waals surface area contributed by atoms with E-state index in [-0.39, 0.29) is 5.91 Å². The smallest absolute Gasteiger partial charge is 0.260 e. The summed E-state index contributed by atoms with van der Waals surface area (Å²) in [7, 11) is 0. The second-order valence-corrected chi connectivity index (χ2v) is 8.55. The van der Waals surface area contributed by atoms with Crippen LogP contribution in [0.1, 0.15) is 38.2 Å². The highest BCUT2D eigenvalue weighted by Crippen LogP contribution is 2.34. The number of carbonyl (C=O) groups is 1. The molecule has 0 aliphatic carbocycles. The minimum absolute atomic E-state index is 0.00980. The molecule has 4 aromatic rings. The minimum Gasteiger partial charge on any atom is -0.279 e. The highest BCUT2D eigenvalue weighted by Gasteiger charge is 2.24. The van der Waals surface area contributed by atoms with E-state index in [1.54, 1.807) is 11.3 Å². The predicted octanol–water partition coefficient (Wildman–Crippen LogP) is 6.38. The fraction of sp³-hybridized carbons (Fsp3) is 0.200. The van der Waals surface area contributed by atoms with Crippen LogP contribution in [-0.2, 0) is 6.54 Å². The molecule has 0 aliphatic rings. The fourth-order valence-electron chi connectivity index (χ4n) is 3.47. The van der Waals surface area contributed by atoms with Crippen molar-refractivity contribution in [3.63, 3.8) is 0 Å². The SMILES string of the molecule is Cc1ccc(C)c(C(=O)N(Cc2ccccc2)c2nc3c(C)ccc(C)c3s2)c1. The van der Waals surface area contributed by atoms with E-state index in [0.717, 1.165) is 43.2 Å². The van der Waals surface area contributed by atoms with Crippen molar-refractivity contribution in [2.24, 2.45) is 0 Å². The molecular weight excluding hydrogens is 376 g/mol. The number of amides is 1. The first kappa shape index (κ1) is 19.3. The number of carbonyl (C=O) groups excluding carboxylic acids is 1. The van der Waals surface area contributed by atoms with Crippen molar-refractivity contribution in [3.8, 4) is 0 Å². The zero-order valence-corrected chi connectivity index (χ0v) is 18.0. The van der Waals surface area contributed by atoms with E-state index in [1.165, 1.54) is 5.56 Å². The zero-order chi connectivity index (χ0) is 20.5. The molecule has 0 N–H and O–H groups in total. The van der Waals surface area contributed by atoms with Gasteiger partial charge in [-0.2, -0.15) is 0 Å². The second-order valence-electron chi connectivity index (χ2n) is 7.57. The van der Waals surface area contributed by atoms with Gasteiger partial charge in [0.1, 0.15) is 0 Å². The van der Waals surface area contributed by atoms with E-state index in [9.17, 15) is 4.79 Å². The van der Waals surface area contributed by atoms with Crippen molar-refractivity contribution in [3.05, 3.63) is 94.0 Å². The topological polar surface area (TPSA) is 33.2 Å². The van der Waals surface area contributed by atoms with Gasteiger partial charge in [-0.25, -0.2) is 4.98 Å². The third kappa shape index (κ3) is 3.81. The quantitative estimate of drug-likeness (QED) is 0.398. The third-order valence-electron chi connectivity index (χ3n) is 5.21. The van der Waals surface area contributed by atoms with Crippen LogP contribution in [0, 0.1) is 27.7 Å². The van der Waals surface area contributed by atoms with Gasteiger partial charge in [0, 0.05) is 5.56 Å². The van der Waals surface area contributed by atoms with Gasteiger partial charge in [0.05, 0.1) is 16.8 Å². The first-order chi connectivity index (χ1) is 13.9. The van der Waals surface area contributed by atoms with Crippen LogP contribution in [0.5, 0.6) is 0 Å². The molecule has 4 rings (SSSR count). The maximum Gasteiger partial charge on any atom is 0.260 e. The van der Waals surface area contributed by atoms with E-state index in [1.807, 2.05) is 67.3 Å². The molecule has 3 nitrogen and oxygen atoms in total. The van der Waals surface area contributed by atoms with Crippen LogP contribution in [0.4, 0.5) is 5.13 Å². The van der Waals surface area contributed by atoms with E-state index >= 15 is 0 Å². The van der Waals surface area contributed by atoms with Gasteiger partial charge in [0.15, 0.2) is 5.13 Å². The Morgan fingerprint density at radius 3 is 2.31 bits per heavy atom. The molecule has 1 aromatic heterocycles. The Balaban J connectivity index is 1.84. The molecule has 1 amide bonds. The summed E-state index contributed by atoms with van der Waals surface area (Å²) in [6, 6.07) is 20.3. The van der Waals surface area contributed by atoms with E-state index in [2.05, 4.69) is 26.0 Å². The Labute approximate surface area is 175 Å². The maximum absolute atomic E-state index is 13.7. The minimum atomic E-state index is -0.00980. The number of thiazole rings is 1. The van der Waals surface area contributed by atoms with Crippen molar-refractivity contribution in [2.75, 3.05) is 4.90 Å². The zero-order valence-electron chi connectivity index (χ0n) is 17.2. The molecule has 0 fully saturated rings. The summed E-state index contributed by atoms with van der Waals surface area (Å²) in [5.41, 5.74) is 7.17. The molecule has 0 aliphatic heterocycles. The molecule has 0 saturated carbocycles. The first-order valence-electron chi connectivity index (χ1n) is 9.74. The summed E-state index contributed by atoms with van der Waals surface area (Å²) < 4.78 is 1.15. The fourth-order valence-corrected chi connectivity index (χ4v) is 4.58. The second kappa shape index (κ2) is 7.80. The monoisotopic (exact) mass is 400 g/mol. The van der Waals surface area contributed by atoms with Crippen molar-refractivity contribution < 1.29 is 4.79 Å². The molecule has 146 valence electrons. The van der Waals surface area contributed by atoms with Crippen LogP contribution >= 0.6 is 11.3 Å². The normalized spacial score (nSPS) is 11.0. The predicted molar refractivity (Wildman–Crippen MR) is 122 cm³/mol. The lowest BCUT2D eigenvalue weighted by Gasteiger charge is -2.21. The first-order valence-corrected chi connectivity index (χ1v) is 10.6. The van der Waals surface area contributed by atoms with Crippen molar-refractivity contribution >= 4 is 32.6 Å². The molecule has 0 unspecified atom stereocenters. The van der Waals surface area contributed by atoms with Crippen LogP contribution in [-0.4, -0.2) is 10.9 Å². The lowest BCUT2D eigenvalue weighted by molar-refractivity contribution is 0.0984. The van der Waals surface area contributed by atoms with Gasteiger partial charge >= 0.3 is 0 Å². The summed E-state index contributed by atoms with van der Waals surface area (Å²) >= 11 is 1.59. The Hall–Kier alpha value is -2.98. The molecule has 0 spiro atoms. The number of aryl methyl sites for hydroxylation is 4. The number of benzene rings is 3. The van der Waals surface area contributed by atoms with Gasteiger partial charge in [0.2, 0.25) is 0 Å². The van der Waals surface area contributed by atoms with Gasteiger partial charge < -0.3 is 0 Å². The average Bonchev–Trinajstić information content (AvgIpc) is 3.18. The summed E-state index contributed by atoms with van der Waals surface area (Å²) in [4.78, 5) is 20.4. The molecule has 1 heterocycles. The molecule has 0 saturated heterocycles. The molecule has 29 heavy (non-hydrogen) atoms. The van der Waals surface area contributed by atoms with E-state index < -0.39 is 0 Å². The van der Waals surface area contributed by atoms with E-state index in [0.29, 0.717) is 6.54 Å². The maximum atomic E-state index is 13.7. The Bertz CT molecular complexity index is 1160. The number of nitrogens with zero attached hydrogens (tertiary/aromatic N) is 2. The Morgan fingerprint density at radius 2 is 1.59 bits per heavy atom. The highest BCUT2D eigenvalue weighted by molar-refractivity contribution is 7.22. The van der Waals surface area contributed by atoms with Crippen LogP contribution in [0.3, 0.4) is 0 Å². The van der Waals surface area contributed by atoms with Crippen LogP contribution in [0.2, 0.25) is 0 Å². The largest absolute Gasteiger partial charge is 0.279 e. The Morgan fingerprint density at radius 1 is 0.897 bits per heavy atom. The number of anilines is 1. The van der Waals surface area contributed by atoms with Crippen molar-refractivity contribution in [1.82, 2.24) is 4.98 Å². The lowest BCUT2D eigenvalue weighted by Crippen LogP contribution is -2.31. The van der Waals surface area contributed by atoms with Gasteiger partial charge in [-0.3, -0.25) is 9.69 Å². The summed E-state index contributed by atoms with van der Waals surface area (Å²) in [6.07, 6.45) is 0. The molecule has 0 bridgehead atoms. The number of hydrogen-bond acceptors (Lipinski definition) is 3. The standard InChI is InChI=1S/C25H24N2OS/c1-16-10-11-17(2)21(14-16)24(28)27(15-20-8-6-5-7-9-20)25-26-22-18(3)12-13-19(4)23(22)29-25/h5-14H,15H2,1-4H3. The van der Waals surface area contributed by atoms with Crippen molar-refractivity contribution in [2.45, 2.75) is 34.2 Å². The van der Waals surface area contributed by atoms with Gasteiger partial charge in [-0.05, 0) is 56.0 Å². The summed E-state index contributed by atoms with van der Waals surface area (Å²) in [5.74, 6) is -0.00980. The van der Waals surface area contributed by atoms with Gasteiger partial charge in [0.25, 0.3) is 5.91 Å². The van der Waals surface area contributed by atoms with Crippen LogP contribution in [0.25, 0.3) is 10.2 Å². The van der Waals surface area contributed by atoms with Gasteiger partial charge in [-0.1, -0.05) is 71.5 Å². The lowest BCUT2D eigenvalue weighted by atomic mass is 10.0. The number of fused-ring (bicyclic) bond motifs is 1. The Kier molecular flexibility index (Phi) is 5.20. The molecule has 0 radical (unpaired) electrons. The van der Waals surface area contributed by atoms with Crippen LogP contribution in [0.15, 0.2) is 60.7 Å². The number of rotatable bonds is 4. The molecule has 0 atom stereocenters. The number of hydrogen-bond donors (Lipinski definition) is 0. The van der Waals surface area contributed by atoms with E-state index in [4.69, 9.17) is 4.98 Å². The van der Waals surface area contributed by atoms with Crippen LogP contribution < -0.4 is 4.90 Å². The third-order valence-corrected chi connectivity index (χ3v) is 6.43. The summed E-state index contributed by atoms with van der Waals surface area (Å²) in [6.45, 7) is 8.66. The summed E-state index contributed by atoms with van der Waals surface area (Å²) in [5, 5.41) is 0.743. The molecule has 4 heteroatoms. The molecule has 3 aromatic carbocycles.